The van der Waals surface area contributed by atoms with Crippen molar-refractivity contribution in [3.05, 3.63) is 22.6 Å². The Morgan fingerprint density at radius 2 is 2.06 bits per heavy atom. The van der Waals surface area contributed by atoms with Gasteiger partial charge >= 0.3 is 0 Å². The van der Waals surface area contributed by atoms with Crippen molar-refractivity contribution >= 4 is 21.8 Å². The molecule has 1 aliphatic carbocycles. The number of rotatable bonds is 2. The summed E-state index contributed by atoms with van der Waals surface area (Å²) in [6, 6.07) is 4.01. The van der Waals surface area contributed by atoms with E-state index in [1.54, 1.807) is 17.0 Å². The zero-order valence-corrected chi connectivity index (χ0v) is 11.4. The second-order valence-electron chi connectivity index (χ2n) is 4.59. The van der Waals surface area contributed by atoms with Crippen molar-refractivity contribution in [1.29, 1.82) is 0 Å². The fraction of sp³-hybridized carbons (Fsp3) is 0.583. The maximum atomic E-state index is 12.1. The number of hydrogen-bond acceptors (Lipinski definition) is 3. The molecular weight excluding hydrogens is 284 g/mol. The molecule has 1 aliphatic rings. The summed E-state index contributed by atoms with van der Waals surface area (Å²) in [5, 5.41) is 0. The molecule has 1 heterocycles. The highest BCUT2D eigenvalue weighted by atomic mass is 79.9. The van der Waals surface area contributed by atoms with E-state index in [0.29, 0.717) is 16.5 Å². The first-order valence-corrected chi connectivity index (χ1v) is 6.65. The monoisotopic (exact) mass is 300 g/mol. The minimum Gasteiger partial charge on any atom is -0.444 e. The molecule has 0 unspecified atom stereocenters. The first-order chi connectivity index (χ1) is 8.08. The van der Waals surface area contributed by atoms with E-state index >= 15 is 0 Å². The highest BCUT2D eigenvalue weighted by Crippen LogP contribution is 2.23. The highest BCUT2D eigenvalue weighted by molar-refractivity contribution is 9.10. The Balaban J connectivity index is 2.00. The molecule has 2 N–H and O–H groups in total. The van der Waals surface area contributed by atoms with Gasteiger partial charge in [0.2, 0.25) is 0 Å². The lowest BCUT2D eigenvalue weighted by atomic mass is 9.91. The summed E-state index contributed by atoms with van der Waals surface area (Å²) in [5.74, 6) is 0.324. The van der Waals surface area contributed by atoms with Crippen molar-refractivity contribution in [1.82, 2.24) is 4.90 Å². The Hall–Kier alpha value is -0.810. The van der Waals surface area contributed by atoms with Crippen molar-refractivity contribution in [2.24, 2.45) is 5.73 Å². The lowest BCUT2D eigenvalue weighted by molar-refractivity contribution is 0.0656. The Morgan fingerprint density at radius 3 is 2.59 bits per heavy atom. The first kappa shape index (κ1) is 12.6. The summed E-state index contributed by atoms with van der Waals surface area (Å²) in [5.41, 5.74) is 5.86. The van der Waals surface area contributed by atoms with Crippen molar-refractivity contribution < 1.29 is 9.21 Å². The average Bonchev–Trinajstić information content (AvgIpc) is 2.75. The molecule has 1 aromatic heterocycles. The van der Waals surface area contributed by atoms with Gasteiger partial charge in [0.15, 0.2) is 10.4 Å². The van der Waals surface area contributed by atoms with E-state index in [1.807, 2.05) is 7.05 Å². The van der Waals surface area contributed by atoms with E-state index in [4.69, 9.17) is 10.2 Å². The molecule has 0 radical (unpaired) electrons. The number of carbonyl (C=O) groups excluding carboxylic acids is 1. The van der Waals surface area contributed by atoms with Crippen LogP contribution in [-0.2, 0) is 0 Å². The van der Waals surface area contributed by atoms with Crippen molar-refractivity contribution in [2.75, 3.05) is 7.05 Å². The van der Waals surface area contributed by atoms with Gasteiger partial charge in [0.25, 0.3) is 5.91 Å². The van der Waals surface area contributed by atoms with Crippen LogP contribution < -0.4 is 5.73 Å². The Morgan fingerprint density at radius 1 is 1.41 bits per heavy atom. The summed E-state index contributed by atoms with van der Waals surface area (Å²) in [4.78, 5) is 13.9. The van der Waals surface area contributed by atoms with E-state index < -0.39 is 0 Å². The van der Waals surface area contributed by atoms with Crippen LogP contribution in [0, 0.1) is 0 Å². The predicted molar refractivity (Wildman–Crippen MR) is 68.7 cm³/mol. The third-order valence-electron chi connectivity index (χ3n) is 3.39. The molecule has 94 valence electrons. The van der Waals surface area contributed by atoms with Gasteiger partial charge in [-0.25, -0.2) is 0 Å². The van der Waals surface area contributed by atoms with E-state index in [1.165, 1.54) is 0 Å². The molecule has 0 atom stereocenters. The summed E-state index contributed by atoms with van der Waals surface area (Å²) in [7, 11) is 1.83. The lowest BCUT2D eigenvalue weighted by Gasteiger charge is -2.33. The quantitative estimate of drug-likeness (QED) is 0.912. The van der Waals surface area contributed by atoms with Crippen molar-refractivity contribution in [3.63, 3.8) is 0 Å². The van der Waals surface area contributed by atoms with E-state index in [0.717, 1.165) is 25.7 Å². The van der Waals surface area contributed by atoms with Gasteiger partial charge in [0.05, 0.1) is 0 Å². The molecule has 17 heavy (non-hydrogen) atoms. The summed E-state index contributed by atoms with van der Waals surface area (Å²) >= 11 is 3.20. The highest BCUT2D eigenvalue weighted by Gasteiger charge is 2.26. The Bertz CT molecular complexity index is 397. The zero-order valence-electron chi connectivity index (χ0n) is 9.86. The number of nitrogens with two attached hydrogens (primary N) is 1. The van der Waals surface area contributed by atoms with Crippen LogP contribution in [0.2, 0.25) is 0 Å². The number of carbonyl (C=O) groups is 1. The van der Waals surface area contributed by atoms with E-state index in [9.17, 15) is 4.79 Å². The largest absolute Gasteiger partial charge is 0.444 e. The average molecular weight is 301 g/mol. The van der Waals surface area contributed by atoms with Crippen molar-refractivity contribution in [2.45, 2.75) is 37.8 Å². The van der Waals surface area contributed by atoms with Gasteiger partial charge in [-0.15, -0.1) is 0 Å². The molecule has 1 saturated carbocycles. The fourth-order valence-corrected chi connectivity index (χ4v) is 2.56. The van der Waals surface area contributed by atoms with Crippen LogP contribution in [0.3, 0.4) is 0 Å². The molecule has 1 amide bonds. The van der Waals surface area contributed by atoms with Crippen LogP contribution in [0.5, 0.6) is 0 Å². The third kappa shape index (κ3) is 2.90. The molecule has 1 aromatic rings. The van der Waals surface area contributed by atoms with Gasteiger partial charge in [0, 0.05) is 19.1 Å². The van der Waals surface area contributed by atoms with Gasteiger partial charge in [-0.1, -0.05) is 0 Å². The standard InChI is InChI=1S/C12H17BrN2O2/c1-15(9-4-2-8(14)3-5-9)12(16)10-6-7-11(13)17-10/h6-9H,2-5,14H2,1H3. The minimum absolute atomic E-state index is 0.0591. The minimum atomic E-state index is -0.0591. The second kappa shape index (κ2) is 5.23. The number of furan rings is 1. The third-order valence-corrected chi connectivity index (χ3v) is 3.82. The number of hydrogen-bond donors (Lipinski definition) is 1. The molecule has 0 spiro atoms. The molecule has 1 fully saturated rings. The molecular formula is C12H17BrN2O2. The summed E-state index contributed by atoms with van der Waals surface area (Å²) < 4.78 is 5.86. The van der Waals surface area contributed by atoms with E-state index in [2.05, 4.69) is 15.9 Å². The van der Waals surface area contributed by atoms with Crippen LogP contribution in [0.4, 0.5) is 0 Å². The second-order valence-corrected chi connectivity index (χ2v) is 5.37. The van der Waals surface area contributed by atoms with Crippen LogP contribution in [0.1, 0.15) is 36.2 Å². The number of amides is 1. The van der Waals surface area contributed by atoms with Crippen LogP contribution in [0.25, 0.3) is 0 Å². The predicted octanol–water partition coefficient (Wildman–Crippen LogP) is 2.38. The SMILES string of the molecule is CN(C(=O)c1ccc(Br)o1)C1CCC(N)CC1. The maximum Gasteiger partial charge on any atom is 0.289 e. The van der Waals surface area contributed by atoms with Gasteiger partial charge in [0.1, 0.15) is 0 Å². The molecule has 4 nitrogen and oxygen atoms in total. The normalized spacial score (nSPS) is 24.6. The molecule has 0 aliphatic heterocycles. The maximum absolute atomic E-state index is 12.1. The molecule has 0 aromatic carbocycles. The Kier molecular flexibility index (Phi) is 3.89. The van der Waals surface area contributed by atoms with Crippen molar-refractivity contribution in [3.8, 4) is 0 Å². The smallest absolute Gasteiger partial charge is 0.289 e. The Labute approximate surface area is 109 Å². The molecule has 2 rings (SSSR count). The number of halogens is 1. The zero-order chi connectivity index (χ0) is 12.4. The summed E-state index contributed by atoms with van der Waals surface area (Å²) in [6.45, 7) is 0. The topological polar surface area (TPSA) is 59.5 Å². The van der Waals surface area contributed by atoms with Gasteiger partial charge in [-0.05, 0) is 53.7 Å². The molecule has 0 saturated heterocycles. The lowest BCUT2D eigenvalue weighted by Crippen LogP contribution is -2.41. The number of nitrogens with zero attached hydrogens (tertiary/aromatic N) is 1. The first-order valence-electron chi connectivity index (χ1n) is 5.86. The molecule has 5 heteroatoms. The van der Waals surface area contributed by atoms with Crippen LogP contribution in [-0.4, -0.2) is 29.9 Å². The van der Waals surface area contributed by atoms with Gasteiger partial charge in [-0.3, -0.25) is 4.79 Å². The van der Waals surface area contributed by atoms with Gasteiger partial charge < -0.3 is 15.1 Å². The van der Waals surface area contributed by atoms with Crippen LogP contribution in [0.15, 0.2) is 21.2 Å². The van der Waals surface area contributed by atoms with E-state index in [-0.39, 0.29) is 11.9 Å². The fourth-order valence-electron chi connectivity index (χ4n) is 2.26. The molecule has 0 bridgehead atoms. The van der Waals surface area contributed by atoms with Gasteiger partial charge in [-0.2, -0.15) is 0 Å². The van der Waals surface area contributed by atoms with Crippen LogP contribution >= 0.6 is 15.9 Å². The summed E-state index contributed by atoms with van der Waals surface area (Å²) in [6.07, 6.45) is 3.94.